The maximum atomic E-state index is 13.0. The molecule has 1 aliphatic carbocycles. The summed E-state index contributed by atoms with van der Waals surface area (Å²) in [5.41, 5.74) is -0.679. The number of aliphatic hydroxyl groups is 1. The third-order valence-electron chi connectivity index (χ3n) is 3.36. The molecule has 19 heavy (non-hydrogen) atoms. The summed E-state index contributed by atoms with van der Waals surface area (Å²) >= 11 is 3.05. The summed E-state index contributed by atoms with van der Waals surface area (Å²) < 4.78 is 39.3. The van der Waals surface area contributed by atoms with Crippen molar-refractivity contribution in [3.63, 3.8) is 0 Å². The molecule has 106 valence electrons. The molecule has 1 saturated carbocycles. The van der Waals surface area contributed by atoms with Gasteiger partial charge in [0.15, 0.2) is 0 Å². The Bertz CT molecular complexity index is 450. The number of hydrogen-bond acceptors (Lipinski definition) is 2. The standard InChI is InChI=1S/C13H15BrF3NO/c14-8-5-6-10(9(7-8)13(15,16)17)18-11-3-1-2-4-12(11)19/h5-7,11-12,18-19H,1-4H2/t11-,12-/m1/s1. The van der Waals surface area contributed by atoms with E-state index < -0.39 is 17.8 Å². The van der Waals surface area contributed by atoms with Crippen LogP contribution in [0.3, 0.4) is 0 Å². The summed E-state index contributed by atoms with van der Waals surface area (Å²) in [7, 11) is 0. The fourth-order valence-corrected chi connectivity index (χ4v) is 2.72. The van der Waals surface area contributed by atoms with Gasteiger partial charge in [0.1, 0.15) is 0 Å². The molecule has 1 aromatic carbocycles. The molecule has 0 aliphatic heterocycles. The minimum Gasteiger partial charge on any atom is -0.391 e. The minimum atomic E-state index is -4.41. The number of benzene rings is 1. The molecule has 0 heterocycles. The molecule has 0 spiro atoms. The third-order valence-corrected chi connectivity index (χ3v) is 3.85. The van der Waals surface area contributed by atoms with Crippen molar-refractivity contribution in [1.82, 2.24) is 0 Å². The zero-order chi connectivity index (χ0) is 14.0. The maximum Gasteiger partial charge on any atom is 0.418 e. The molecule has 6 heteroatoms. The molecule has 2 rings (SSSR count). The second kappa shape index (κ2) is 5.71. The fraction of sp³-hybridized carbons (Fsp3) is 0.538. The first-order valence-electron chi connectivity index (χ1n) is 6.19. The van der Waals surface area contributed by atoms with E-state index in [4.69, 9.17) is 0 Å². The second-order valence-electron chi connectivity index (χ2n) is 4.79. The zero-order valence-corrected chi connectivity index (χ0v) is 11.8. The predicted octanol–water partition coefficient (Wildman–Crippen LogP) is 4.18. The van der Waals surface area contributed by atoms with Crippen LogP contribution in [0.15, 0.2) is 22.7 Å². The van der Waals surface area contributed by atoms with Gasteiger partial charge in [-0.25, -0.2) is 0 Å². The summed E-state index contributed by atoms with van der Waals surface area (Å²) in [6, 6.07) is 3.70. The number of anilines is 1. The Kier molecular flexibility index (Phi) is 4.40. The number of halogens is 4. The fourth-order valence-electron chi connectivity index (χ4n) is 2.36. The smallest absolute Gasteiger partial charge is 0.391 e. The van der Waals surface area contributed by atoms with E-state index in [1.807, 2.05) is 0 Å². The Balaban J connectivity index is 2.24. The molecule has 2 nitrogen and oxygen atoms in total. The molecule has 0 saturated heterocycles. The average molecular weight is 338 g/mol. The topological polar surface area (TPSA) is 32.3 Å². The van der Waals surface area contributed by atoms with Gasteiger partial charge in [0.2, 0.25) is 0 Å². The van der Waals surface area contributed by atoms with Gasteiger partial charge in [-0.15, -0.1) is 0 Å². The lowest BCUT2D eigenvalue weighted by Crippen LogP contribution is -2.36. The van der Waals surface area contributed by atoms with E-state index >= 15 is 0 Å². The van der Waals surface area contributed by atoms with Gasteiger partial charge in [0.05, 0.1) is 17.7 Å². The van der Waals surface area contributed by atoms with Crippen molar-refractivity contribution >= 4 is 21.6 Å². The molecule has 0 amide bonds. The molecule has 1 fully saturated rings. The summed E-state index contributed by atoms with van der Waals surface area (Å²) in [5.74, 6) is 0. The van der Waals surface area contributed by atoms with E-state index in [-0.39, 0.29) is 11.7 Å². The lowest BCUT2D eigenvalue weighted by molar-refractivity contribution is -0.137. The monoisotopic (exact) mass is 337 g/mol. The Labute approximate surface area is 118 Å². The molecular weight excluding hydrogens is 323 g/mol. The molecule has 0 aromatic heterocycles. The van der Waals surface area contributed by atoms with E-state index in [9.17, 15) is 18.3 Å². The lowest BCUT2D eigenvalue weighted by Gasteiger charge is -2.30. The lowest BCUT2D eigenvalue weighted by atomic mass is 9.92. The van der Waals surface area contributed by atoms with Crippen molar-refractivity contribution in [3.05, 3.63) is 28.2 Å². The van der Waals surface area contributed by atoms with Gasteiger partial charge in [0.25, 0.3) is 0 Å². The second-order valence-corrected chi connectivity index (χ2v) is 5.71. The van der Waals surface area contributed by atoms with E-state index in [1.165, 1.54) is 6.07 Å². The van der Waals surface area contributed by atoms with Crippen LogP contribution in [0, 0.1) is 0 Å². The van der Waals surface area contributed by atoms with Crippen LogP contribution in [-0.4, -0.2) is 17.3 Å². The normalized spacial score (nSPS) is 24.3. The Morgan fingerprint density at radius 2 is 1.89 bits per heavy atom. The zero-order valence-electron chi connectivity index (χ0n) is 10.2. The van der Waals surface area contributed by atoms with Gasteiger partial charge in [-0.3, -0.25) is 0 Å². The molecule has 0 radical (unpaired) electrons. The van der Waals surface area contributed by atoms with Crippen LogP contribution in [-0.2, 0) is 6.18 Å². The van der Waals surface area contributed by atoms with Crippen LogP contribution in [0.25, 0.3) is 0 Å². The minimum absolute atomic E-state index is 0.0293. The molecule has 1 aromatic rings. The van der Waals surface area contributed by atoms with Crippen LogP contribution in [0.2, 0.25) is 0 Å². The molecule has 0 bridgehead atoms. The highest BCUT2D eigenvalue weighted by molar-refractivity contribution is 9.10. The van der Waals surface area contributed by atoms with Gasteiger partial charge in [-0.2, -0.15) is 13.2 Å². The van der Waals surface area contributed by atoms with Crippen LogP contribution in [0.1, 0.15) is 31.2 Å². The highest BCUT2D eigenvalue weighted by Gasteiger charge is 2.35. The van der Waals surface area contributed by atoms with E-state index in [1.54, 1.807) is 6.07 Å². The van der Waals surface area contributed by atoms with E-state index in [2.05, 4.69) is 21.2 Å². The van der Waals surface area contributed by atoms with Crippen molar-refractivity contribution in [2.24, 2.45) is 0 Å². The predicted molar refractivity (Wildman–Crippen MR) is 71.0 cm³/mol. The Morgan fingerprint density at radius 3 is 2.53 bits per heavy atom. The Morgan fingerprint density at radius 1 is 1.21 bits per heavy atom. The van der Waals surface area contributed by atoms with E-state index in [0.717, 1.165) is 18.9 Å². The first-order valence-corrected chi connectivity index (χ1v) is 6.98. The highest BCUT2D eigenvalue weighted by Crippen LogP contribution is 2.37. The maximum absolute atomic E-state index is 13.0. The molecule has 0 unspecified atom stereocenters. The van der Waals surface area contributed by atoms with Gasteiger partial charge >= 0.3 is 6.18 Å². The summed E-state index contributed by atoms with van der Waals surface area (Å²) in [5, 5.41) is 12.7. The molecule has 1 aliphatic rings. The highest BCUT2D eigenvalue weighted by atomic mass is 79.9. The first-order chi connectivity index (χ1) is 8.88. The van der Waals surface area contributed by atoms with Crippen molar-refractivity contribution in [3.8, 4) is 0 Å². The molecular formula is C13H15BrF3NO. The van der Waals surface area contributed by atoms with Crippen molar-refractivity contribution in [2.75, 3.05) is 5.32 Å². The van der Waals surface area contributed by atoms with Gasteiger partial charge in [0, 0.05) is 10.2 Å². The van der Waals surface area contributed by atoms with Crippen LogP contribution in [0.4, 0.5) is 18.9 Å². The average Bonchev–Trinajstić information content (AvgIpc) is 2.33. The quantitative estimate of drug-likeness (QED) is 0.848. The van der Waals surface area contributed by atoms with Gasteiger partial charge in [-0.05, 0) is 31.0 Å². The third kappa shape index (κ3) is 3.63. The van der Waals surface area contributed by atoms with Gasteiger partial charge in [-0.1, -0.05) is 28.8 Å². The van der Waals surface area contributed by atoms with Crippen molar-refractivity contribution in [1.29, 1.82) is 0 Å². The number of nitrogens with one attached hydrogen (secondary N) is 1. The largest absolute Gasteiger partial charge is 0.418 e. The van der Waals surface area contributed by atoms with Crippen LogP contribution < -0.4 is 5.32 Å². The van der Waals surface area contributed by atoms with Crippen molar-refractivity contribution in [2.45, 2.75) is 44.0 Å². The molecule has 2 N–H and O–H groups in total. The first kappa shape index (κ1) is 14.7. The van der Waals surface area contributed by atoms with E-state index in [0.29, 0.717) is 17.3 Å². The van der Waals surface area contributed by atoms with Gasteiger partial charge < -0.3 is 10.4 Å². The van der Waals surface area contributed by atoms with Crippen LogP contribution in [0.5, 0.6) is 0 Å². The molecule has 2 atom stereocenters. The number of alkyl halides is 3. The summed E-state index contributed by atoms with van der Waals surface area (Å²) in [4.78, 5) is 0. The number of hydrogen-bond donors (Lipinski definition) is 2. The van der Waals surface area contributed by atoms with Crippen molar-refractivity contribution < 1.29 is 18.3 Å². The summed E-state index contributed by atoms with van der Waals surface area (Å²) in [6.45, 7) is 0. The van der Waals surface area contributed by atoms with Crippen LogP contribution >= 0.6 is 15.9 Å². The summed E-state index contributed by atoms with van der Waals surface area (Å²) in [6.07, 6.45) is -1.83. The number of rotatable bonds is 2. The number of aliphatic hydroxyl groups excluding tert-OH is 1. The Hall–Kier alpha value is -0.750. The SMILES string of the molecule is O[C@@H]1CCCC[C@H]1Nc1ccc(Br)cc1C(F)(F)F.